The molecule has 0 bridgehead atoms. The molecule has 5 rings (SSSR count). The number of rotatable bonds is 4. The number of aryl methyl sites for hydroxylation is 1. The number of nitrogens with one attached hydrogen (secondary N) is 2. The zero-order valence-electron chi connectivity index (χ0n) is 16.2. The van der Waals surface area contributed by atoms with Crippen molar-refractivity contribution in [1.29, 1.82) is 0 Å². The van der Waals surface area contributed by atoms with Gasteiger partial charge in [0.2, 0.25) is 5.95 Å². The Bertz CT molecular complexity index is 1280. The number of fused-ring (bicyclic) bond motifs is 1. The topological polar surface area (TPSA) is 101 Å². The van der Waals surface area contributed by atoms with Crippen molar-refractivity contribution < 1.29 is 4.79 Å². The van der Waals surface area contributed by atoms with Gasteiger partial charge in [-0.15, -0.1) is 11.3 Å². The molecule has 0 atom stereocenters. The lowest BCUT2D eigenvalue weighted by atomic mass is 10.3. The van der Waals surface area contributed by atoms with Crippen LogP contribution in [-0.4, -0.2) is 59.7 Å². The maximum absolute atomic E-state index is 12.7. The Labute approximate surface area is 179 Å². The lowest BCUT2D eigenvalue weighted by Gasteiger charge is -2.25. The third-order valence-electron chi connectivity index (χ3n) is 4.90. The van der Waals surface area contributed by atoms with Gasteiger partial charge < -0.3 is 14.8 Å². The standard InChI is InChI=1S/C19H19N7O2S2/c1-24-10-13(9-20-24)26-3-2-14-16(26)17(27)23-19(21-14)22-15-8-12(11-30-15)18(28)25-4-6-29-7-5-25/h2-3,8-11H,4-7H2,1H3,(H2,21,22,23,27). The number of carbonyl (C=O) groups is 1. The van der Waals surface area contributed by atoms with E-state index in [9.17, 15) is 9.59 Å². The number of thiophene rings is 1. The fourth-order valence-electron chi connectivity index (χ4n) is 3.44. The number of aromatic nitrogens is 5. The first-order valence-electron chi connectivity index (χ1n) is 9.41. The average Bonchev–Trinajstić information content (AvgIpc) is 3.48. The summed E-state index contributed by atoms with van der Waals surface area (Å²) in [6.07, 6.45) is 5.32. The zero-order valence-corrected chi connectivity index (χ0v) is 17.8. The van der Waals surface area contributed by atoms with Gasteiger partial charge in [0, 0.05) is 49.4 Å². The SMILES string of the molecule is Cn1cc(-n2ccc3nc(Nc4cc(C(=O)N5CCSCC5)cs4)[nH]c(=O)c32)cn1. The highest BCUT2D eigenvalue weighted by Gasteiger charge is 2.20. The Kier molecular flexibility index (Phi) is 4.83. The molecular formula is C19H19N7O2S2. The van der Waals surface area contributed by atoms with E-state index < -0.39 is 0 Å². The zero-order chi connectivity index (χ0) is 20.7. The molecule has 1 amide bonds. The van der Waals surface area contributed by atoms with Gasteiger partial charge in [0.05, 0.1) is 28.0 Å². The van der Waals surface area contributed by atoms with Gasteiger partial charge in [-0.25, -0.2) is 4.98 Å². The van der Waals surface area contributed by atoms with Crippen molar-refractivity contribution in [1.82, 2.24) is 29.2 Å². The minimum absolute atomic E-state index is 0.0463. The van der Waals surface area contributed by atoms with E-state index in [1.807, 2.05) is 35.3 Å². The first kappa shape index (κ1) is 18.9. The van der Waals surface area contributed by atoms with Crippen molar-refractivity contribution in [2.75, 3.05) is 29.9 Å². The van der Waals surface area contributed by atoms with Gasteiger partial charge >= 0.3 is 0 Å². The predicted octanol–water partition coefficient (Wildman–Crippen LogP) is 2.44. The Morgan fingerprint density at radius 1 is 1.30 bits per heavy atom. The highest BCUT2D eigenvalue weighted by molar-refractivity contribution is 7.99. The second kappa shape index (κ2) is 7.65. The molecule has 154 valence electrons. The molecule has 0 aliphatic carbocycles. The van der Waals surface area contributed by atoms with E-state index in [4.69, 9.17) is 0 Å². The van der Waals surface area contributed by atoms with Crippen molar-refractivity contribution in [2.45, 2.75) is 0 Å². The quantitative estimate of drug-likeness (QED) is 0.505. The van der Waals surface area contributed by atoms with E-state index in [2.05, 4.69) is 20.4 Å². The van der Waals surface area contributed by atoms with Crippen LogP contribution in [0, 0.1) is 0 Å². The molecule has 1 saturated heterocycles. The number of nitrogens with zero attached hydrogens (tertiary/aromatic N) is 5. The molecule has 4 aromatic heterocycles. The van der Waals surface area contributed by atoms with E-state index in [0.29, 0.717) is 22.5 Å². The average molecular weight is 442 g/mol. The molecule has 0 aromatic carbocycles. The number of carbonyl (C=O) groups excluding carboxylic acids is 1. The smallest absolute Gasteiger partial charge is 0.277 e. The normalized spacial score (nSPS) is 14.4. The Morgan fingerprint density at radius 2 is 2.13 bits per heavy atom. The van der Waals surface area contributed by atoms with E-state index in [0.717, 1.165) is 35.3 Å². The largest absolute Gasteiger partial charge is 0.337 e. The van der Waals surface area contributed by atoms with E-state index in [1.165, 1.54) is 11.3 Å². The maximum Gasteiger partial charge on any atom is 0.277 e. The molecule has 0 saturated carbocycles. The molecule has 1 aliphatic heterocycles. The summed E-state index contributed by atoms with van der Waals surface area (Å²) in [4.78, 5) is 34.6. The molecule has 1 aliphatic rings. The van der Waals surface area contributed by atoms with Crippen LogP contribution >= 0.6 is 23.1 Å². The van der Waals surface area contributed by atoms with Gasteiger partial charge in [-0.3, -0.25) is 19.3 Å². The van der Waals surface area contributed by atoms with Gasteiger partial charge in [0.25, 0.3) is 11.5 Å². The van der Waals surface area contributed by atoms with Gasteiger partial charge in [0.1, 0.15) is 5.52 Å². The first-order chi connectivity index (χ1) is 14.6. The molecule has 5 heterocycles. The van der Waals surface area contributed by atoms with E-state index >= 15 is 0 Å². The predicted molar refractivity (Wildman–Crippen MR) is 119 cm³/mol. The van der Waals surface area contributed by atoms with Crippen LogP contribution in [0.3, 0.4) is 0 Å². The molecule has 0 radical (unpaired) electrons. The molecule has 9 nitrogen and oxygen atoms in total. The fourth-order valence-corrected chi connectivity index (χ4v) is 5.12. The lowest BCUT2D eigenvalue weighted by molar-refractivity contribution is 0.0773. The van der Waals surface area contributed by atoms with Crippen LogP contribution in [0.2, 0.25) is 0 Å². The summed E-state index contributed by atoms with van der Waals surface area (Å²) >= 11 is 3.28. The summed E-state index contributed by atoms with van der Waals surface area (Å²) in [7, 11) is 1.82. The van der Waals surface area contributed by atoms with Crippen LogP contribution in [-0.2, 0) is 7.05 Å². The molecule has 2 N–H and O–H groups in total. The third-order valence-corrected chi connectivity index (χ3v) is 6.69. The summed E-state index contributed by atoms with van der Waals surface area (Å²) in [6, 6.07) is 3.60. The number of amides is 1. The minimum atomic E-state index is -0.255. The number of hydrogen-bond acceptors (Lipinski definition) is 7. The highest BCUT2D eigenvalue weighted by atomic mass is 32.2. The van der Waals surface area contributed by atoms with Crippen molar-refractivity contribution in [3.8, 4) is 5.69 Å². The molecule has 0 unspecified atom stereocenters. The Balaban J connectivity index is 1.39. The Morgan fingerprint density at radius 3 is 2.90 bits per heavy atom. The van der Waals surface area contributed by atoms with Crippen molar-refractivity contribution in [2.24, 2.45) is 7.05 Å². The monoisotopic (exact) mass is 441 g/mol. The molecule has 0 spiro atoms. The van der Waals surface area contributed by atoms with Crippen molar-refractivity contribution in [3.05, 3.63) is 52.0 Å². The third kappa shape index (κ3) is 3.50. The van der Waals surface area contributed by atoms with Crippen LogP contribution in [0.4, 0.5) is 10.9 Å². The summed E-state index contributed by atoms with van der Waals surface area (Å²) in [6.45, 7) is 1.56. The number of thioether (sulfide) groups is 1. The van der Waals surface area contributed by atoms with Gasteiger partial charge in [0.15, 0.2) is 0 Å². The lowest BCUT2D eigenvalue weighted by Crippen LogP contribution is -2.37. The maximum atomic E-state index is 12.7. The molecular weight excluding hydrogens is 422 g/mol. The second-order valence-corrected chi connectivity index (χ2v) is 9.07. The number of anilines is 2. The number of hydrogen-bond donors (Lipinski definition) is 2. The van der Waals surface area contributed by atoms with E-state index in [1.54, 1.807) is 33.8 Å². The fraction of sp³-hybridized carbons (Fsp3) is 0.263. The van der Waals surface area contributed by atoms with Gasteiger partial charge in [-0.2, -0.15) is 16.9 Å². The van der Waals surface area contributed by atoms with Crippen LogP contribution in [0.15, 0.2) is 40.9 Å². The highest BCUT2D eigenvalue weighted by Crippen LogP contribution is 2.25. The second-order valence-electron chi connectivity index (χ2n) is 6.94. The van der Waals surface area contributed by atoms with E-state index in [-0.39, 0.29) is 11.5 Å². The van der Waals surface area contributed by atoms with Crippen molar-refractivity contribution >= 4 is 51.0 Å². The van der Waals surface area contributed by atoms with Crippen LogP contribution in [0.5, 0.6) is 0 Å². The summed E-state index contributed by atoms with van der Waals surface area (Å²) in [5.41, 5.74) is 2.22. The molecule has 4 aromatic rings. The summed E-state index contributed by atoms with van der Waals surface area (Å²) in [5.74, 6) is 2.34. The van der Waals surface area contributed by atoms with Crippen LogP contribution in [0.25, 0.3) is 16.7 Å². The first-order valence-corrected chi connectivity index (χ1v) is 11.4. The Hall–Kier alpha value is -3.05. The molecule has 11 heteroatoms. The van der Waals surface area contributed by atoms with Crippen LogP contribution in [0.1, 0.15) is 10.4 Å². The molecule has 30 heavy (non-hydrogen) atoms. The summed E-state index contributed by atoms with van der Waals surface area (Å²) in [5, 5.41) is 9.86. The minimum Gasteiger partial charge on any atom is -0.337 e. The molecule has 1 fully saturated rings. The van der Waals surface area contributed by atoms with Gasteiger partial charge in [-0.05, 0) is 12.1 Å². The number of H-pyrrole nitrogens is 1. The number of aromatic amines is 1. The summed E-state index contributed by atoms with van der Waals surface area (Å²) < 4.78 is 3.44. The van der Waals surface area contributed by atoms with Gasteiger partial charge in [-0.1, -0.05) is 0 Å². The van der Waals surface area contributed by atoms with Crippen LogP contribution < -0.4 is 10.9 Å². The van der Waals surface area contributed by atoms with Crippen molar-refractivity contribution in [3.63, 3.8) is 0 Å².